The van der Waals surface area contributed by atoms with Gasteiger partial charge in [-0.2, -0.15) is 0 Å². The Morgan fingerprint density at radius 1 is 1.20 bits per heavy atom. The number of benzene rings is 1. The highest BCUT2D eigenvalue weighted by Crippen LogP contribution is 2.40. The van der Waals surface area contributed by atoms with E-state index in [1.807, 2.05) is 0 Å². The second kappa shape index (κ2) is 3.97. The summed E-state index contributed by atoms with van der Waals surface area (Å²) in [6.45, 7) is 5.98. The van der Waals surface area contributed by atoms with Crippen LogP contribution >= 0.6 is 0 Å². The van der Waals surface area contributed by atoms with Gasteiger partial charge >= 0.3 is 0 Å². The molecule has 1 aromatic carbocycles. The van der Waals surface area contributed by atoms with E-state index in [1.165, 1.54) is 24.9 Å². The lowest BCUT2D eigenvalue weighted by molar-refractivity contribution is 0.0927. The first-order valence-corrected chi connectivity index (χ1v) is 5.84. The molecule has 0 N–H and O–H groups in total. The summed E-state index contributed by atoms with van der Waals surface area (Å²) in [4.78, 5) is 2.49. The Kier molecular flexibility index (Phi) is 2.83. The van der Waals surface area contributed by atoms with Crippen molar-refractivity contribution in [2.75, 3.05) is 13.6 Å². The van der Waals surface area contributed by atoms with Gasteiger partial charge in [0.15, 0.2) is 0 Å². The third-order valence-electron chi connectivity index (χ3n) is 3.60. The summed E-state index contributed by atoms with van der Waals surface area (Å²) in [5.74, 6) is 0. The van der Waals surface area contributed by atoms with E-state index >= 15 is 0 Å². The van der Waals surface area contributed by atoms with Crippen LogP contribution in [-0.2, 0) is 0 Å². The molecule has 1 heteroatoms. The van der Waals surface area contributed by atoms with Gasteiger partial charge in [-0.3, -0.25) is 4.90 Å². The van der Waals surface area contributed by atoms with Crippen LogP contribution < -0.4 is 0 Å². The molecule has 1 aromatic rings. The Hall–Kier alpha value is -0.820. The monoisotopic (exact) mass is 203 g/mol. The van der Waals surface area contributed by atoms with Crippen LogP contribution in [-0.4, -0.2) is 18.5 Å². The lowest BCUT2D eigenvalue weighted by atomic mass is 9.77. The molecule has 0 radical (unpaired) electrons. The summed E-state index contributed by atoms with van der Waals surface area (Å²) in [5, 5.41) is 0. The number of hydrogen-bond acceptors (Lipinski definition) is 1. The number of likely N-dealkylation sites (tertiary alicyclic amines) is 1. The molecule has 1 nitrogen and oxygen atoms in total. The van der Waals surface area contributed by atoms with Gasteiger partial charge in [0.1, 0.15) is 0 Å². The second-order valence-corrected chi connectivity index (χ2v) is 5.53. The van der Waals surface area contributed by atoms with Crippen molar-refractivity contribution >= 4 is 0 Å². The maximum absolute atomic E-state index is 2.49. The van der Waals surface area contributed by atoms with Gasteiger partial charge in [-0.1, -0.05) is 44.2 Å². The van der Waals surface area contributed by atoms with E-state index in [1.54, 1.807) is 0 Å². The average molecular weight is 203 g/mol. The minimum atomic E-state index is 0.493. The molecule has 0 spiro atoms. The van der Waals surface area contributed by atoms with E-state index in [9.17, 15) is 0 Å². The predicted octanol–water partition coefficient (Wildman–Crippen LogP) is 3.48. The number of hydrogen-bond donors (Lipinski definition) is 0. The molecule has 2 rings (SSSR count). The Bertz CT molecular complexity index is 315. The van der Waals surface area contributed by atoms with Crippen LogP contribution in [0.1, 0.15) is 38.3 Å². The Morgan fingerprint density at radius 3 is 2.53 bits per heavy atom. The molecule has 1 heterocycles. The zero-order valence-corrected chi connectivity index (χ0v) is 10.0. The SMILES string of the molecule is CN1CCC(C)(C)C[C@H]1c1ccccc1. The summed E-state index contributed by atoms with van der Waals surface area (Å²) in [7, 11) is 2.24. The zero-order valence-electron chi connectivity index (χ0n) is 10.0. The van der Waals surface area contributed by atoms with Crippen molar-refractivity contribution in [1.82, 2.24) is 4.90 Å². The van der Waals surface area contributed by atoms with E-state index in [2.05, 4.69) is 56.1 Å². The van der Waals surface area contributed by atoms with Crippen LogP contribution in [0.3, 0.4) is 0 Å². The standard InChI is InChI=1S/C14H21N/c1-14(2)9-10-15(3)13(11-14)12-7-5-4-6-8-12/h4-8,13H,9-11H2,1-3H3/t13-/m0/s1. The smallest absolute Gasteiger partial charge is 0.0350 e. The molecular weight excluding hydrogens is 182 g/mol. The molecule has 1 aliphatic rings. The lowest BCUT2D eigenvalue weighted by Gasteiger charge is -2.42. The minimum absolute atomic E-state index is 0.493. The van der Waals surface area contributed by atoms with Crippen LogP contribution in [0.4, 0.5) is 0 Å². The maximum atomic E-state index is 2.49. The molecule has 0 bridgehead atoms. The zero-order chi connectivity index (χ0) is 10.9. The van der Waals surface area contributed by atoms with Gasteiger partial charge in [-0.15, -0.1) is 0 Å². The minimum Gasteiger partial charge on any atom is -0.299 e. The molecule has 15 heavy (non-hydrogen) atoms. The van der Waals surface area contributed by atoms with Crippen LogP contribution in [0.2, 0.25) is 0 Å². The van der Waals surface area contributed by atoms with Crippen molar-refractivity contribution in [3.05, 3.63) is 35.9 Å². The van der Waals surface area contributed by atoms with Gasteiger partial charge in [0, 0.05) is 6.04 Å². The molecule has 0 aliphatic carbocycles. The molecule has 0 amide bonds. The molecule has 82 valence electrons. The van der Waals surface area contributed by atoms with E-state index < -0.39 is 0 Å². The third-order valence-corrected chi connectivity index (χ3v) is 3.60. The summed E-state index contributed by atoms with van der Waals surface area (Å²) in [6, 6.07) is 11.5. The molecule has 0 saturated carbocycles. The van der Waals surface area contributed by atoms with Gasteiger partial charge in [0.25, 0.3) is 0 Å². The summed E-state index contributed by atoms with van der Waals surface area (Å²) in [5.41, 5.74) is 1.96. The fraction of sp³-hybridized carbons (Fsp3) is 0.571. The molecule has 0 aromatic heterocycles. The van der Waals surface area contributed by atoms with E-state index in [0.717, 1.165) is 0 Å². The van der Waals surface area contributed by atoms with Gasteiger partial charge in [-0.25, -0.2) is 0 Å². The number of nitrogens with zero attached hydrogens (tertiary/aromatic N) is 1. The van der Waals surface area contributed by atoms with Crippen molar-refractivity contribution in [2.45, 2.75) is 32.7 Å². The summed E-state index contributed by atoms with van der Waals surface area (Å²) >= 11 is 0. The van der Waals surface area contributed by atoms with Crippen LogP contribution in [0.15, 0.2) is 30.3 Å². The normalized spacial score (nSPS) is 26.5. The van der Waals surface area contributed by atoms with Crippen LogP contribution in [0.25, 0.3) is 0 Å². The van der Waals surface area contributed by atoms with Crippen molar-refractivity contribution in [1.29, 1.82) is 0 Å². The molecule has 1 atom stereocenters. The largest absolute Gasteiger partial charge is 0.299 e. The Balaban J connectivity index is 2.20. The van der Waals surface area contributed by atoms with Crippen LogP contribution in [0.5, 0.6) is 0 Å². The highest BCUT2D eigenvalue weighted by Gasteiger charge is 2.31. The Morgan fingerprint density at radius 2 is 1.87 bits per heavy atom. The number of rotatable bonds is 1. The highest BCUT2D eigenvalue weighted by atomic mass is 15.1. The van der Waals surface area contributed by atoms with Crippen molar-refractivity contribution in [3.8, 4) is 0 Å². The van der Waals surface area contributed by atoms with Gasteiger partial charge < -0.3 is 0 Å². The van der Waals surface area contributed by atoms with Crippen molar-refractivity contribution < 1.29 is 0 Å². The molecular formula is C14H21N. The average Bonchev–Trinajstić information content (AvgIpc) is 2.23. The van der Waals surface area contributed by atoms with E-state index in [4.69, 9.17) is 0 Å². The van der Waals surface area contributed by atoms with Gasteiger partial charge in [0.2, 0.25) is 0 Å². The van der Waals surface area contributed by atoms with Crippen LogP contribution in [0, 0.1) is 5.41 Å². The molecule has 1 fully saturated rings. The van der Waals surface area contributed by atoms with Crippen molar-refractivity contribution in [2.24, 2.45) is 5.41 Å². The quantitative estimate of drug-likeness (QED) is 0.675. The van der Waals surface area contributed by atoms with Crippen molar-refractivity contribution in [3.63, 3.8) is 0 Å². The fourth-order valence-electron chi connectivity index (χ4n) is 2.46. The number of piperidine rings is 1. The topological polar surface area (TPSA) is 3.24 Å². The van der Waals surface area contributed by atoms with E-state index in [0.29, 0.717) is 11.5 Å². The second-order valence-electron chi connectivity index (χ2n) is 5.53. The maximum Gasteiger partial charge on any atom is 0.0350 e. The van der Waals surface area contributed by atoms with E-state index in [-0.39, 0.29) is 0 Å². The first-order valence-electron chi connectivity index (χ1n) is 5.84. The predicted molar refractivity (Wildman–Crippen MR) is 64.8 cm³/mol. The first kappa shape index (κ1) is 10.7. The first-order chi connectivity index (χ1) is 7.08. The lowest BCUT2D eigenvalue weighted by Crippen LogP contribution is -2.37. The molecule has 1 saturated heterocycles. The molecule has 0 unspecified atom stereocenters. The Labute approximate surface area is 93.1 Å². The third kappa shape index (κ3) is 2.40. The van der Waals surface area contributed by atoms with Gasteiger partial charge in [-0.05, 0) is 37.4 Å². The summed E-state index contributed by atoms with van der Waals surface area (Å²) in [6.07, 6.45) is 2.58. The fourth-order valence-corrected chi connectivity index (χ4v) is 2.46. The highest BCUT2D eigenvalue weighted by molar-refractivity contribution is 5.20. The summed E-state index contributed by atoms with van der Waals surface area (Å²) < 4.78 is 0. The molecule has 1 aliphatic heterocycles. The van der Waals surface area contributed by atoms with Gasteiger partial charge in [0.05, 0.1) is 0 Å².